The highest BCUT2D eigenvalue weighted by Gasteiger charge is 2.11. The Morgan fingerprint density at radius 3 is 2.59 bits per heavy atom. The summed E-state index contributed by atoms with van der Waals surface area (Å²) in [5.74, 6) is -0.969. The van der Waals surface area contributed by atoms with E-state index in [4.69, 9.17) is 16.7 Å². The lowest BCUT2D eigenvalue weighted by atomic mass is 10.1. The highest BCUT2D eigenvalue weighted by molar-refractivity contribution is 6.33. The Labute approximate surface area is 162 Å². The van der Waals surface area contributed by atoms with Crippen molar-refractivity contribution in [2.24, 2.45) is 0 Å². The number of carbonyl (C=O) groups is 1. The Morgan fingerprint density at radius 2 is 1.81 bits per heavy atom. The molecule has 3 aromatic carbocycles. The number of anilines is 1. The van der Waals surface area contributed by atoms with Gasteiger partial charge in [0.25, 0.3) is 0 Å². The number of aromatic carboxylic acids is 1. The van der Waals surface area contributed by atoms with Crippen molar-refractivity contribution >= 4 is 45.1 Å². The van der Waals surface area contributed by atoms with Crippen molar-refractivity contribution in [1.82, 2.24) is 4.57 Å². The first-order chi connectivity index (χ1) is 13.1. The molecular weight excluding hydrogens is 360 g/mol. The molecule has 4 aromatic rings. The molecule has 0 spiro atoms. The van der Waals surface area contributed by atoms with Gasteiger partial charge in [0.15, 0.2) is 0 Å². The zero-order valence-corrected chi connectivity index (χ0v) is 15.6. The lowest BCUT2D eigenvalue weighted by molar-refractivity contribution is 0.0697. The molecule has 1 heterocycles. The molecule has 0 saturated carbocycles. The van der Waals surface area contributed by atoms with Gasteiger partial charge in [-0.2, -0.15) is 0 Å². The average molecular weight is 379 g/mol. The summed E-state index contributed by atoms with van der Waals surface area (Å²) in [6.07, 6.45) is 0. The molecule has 0 aliphatic carbocycles. The maximum absolute atomic E-state index is 11.2. The summed E-state index contributed by atoms with van der Waals surface area (Å²) in [5, 5.41) is 15.4. The highest BCUT2D eigenvalue weighted by Crippen LogP contribution is 2.30. The summed E-state index contributed by atoms with van der Waals surface area (Å²) in [5.41, 5.74) is 4.39. The molecule has 1 aromatic heterocycles. The van der Waals surface area contributed by atoms with Crippen molar-refractivity contribution in [3.8, 4) is 0 Å². The van der Waals surface area contributed by atoms with Crippen LogP contribution in [0.1, 0.15) is 22.8 Å². The Balaban J connectivity index is 1.69. The van der Waals surface area contributed by atoms with Crippen molar-refractivity contribution in [3.05, 3.63) is 76.8 Å². The SMILES string of the molecule is CCn1c2ccccc2c2cc(CNc3cc(C(=O)O)ccc3Cl)ccc21. The van der Waals surface area contributed by atoms with Gasteiger partial charge in [-0.15, -0.1) is 0 Å². The van der Waals surface area contributed by atoms with E-state index in [0.29, 0.717) is 17.3 Å². The number of rotatable bonds is 5. The molecule has 0 atom stereocenters. The predicted octanol–water partition coefficient (Wildman–Crippen LogP) is 5.78. The summed E-state index contributed by atoms with van der Waals surface area (Å²) >= 11 is 6.20. The van der Waals surface area contributed by atoms with Crippen LogP contribution in [0, 0.1) is 0 Å². The van der Waals surface area contributed by atoms with Gasteiger partial charge >= 0.3 is 5.97 Å². The maximum atomic E-state index is 11.2. The minimum Gasteiger partial charge on any atom is -0.478 e. The number of aryl methyl sites for hydroxylation is 1. The van der Waals surface area contributed by atoms with Gasteiger partial charge in [0.1, 0.15) is 0 Å². The Hall–Kier alpha value is -2.98. The third-order valence-corrected chi connectivity index (χ3v) is 5.18. The molecule has 4 rings (SSSR count). The topological polar surface area (TPSA) is 54.3 Å². The second kappa shape index (κ2) is 6.97. The number of nitrogens with zero attached hydrogens (tertiary/aromatic N) is 1. The third-order valence-electron chi connectivity index (χ3n) is 4.85. The number of fused-ring (bicyclic) bond motifs is 3. The number of halogens is 1. The zero-order chi connectivity index (χ0) is 19.0. The van der Waals surface area contributed by atoms with Crippen LogP contribution in [0.4, 0.5) is 5.69 Å². The molecule has 4 nitrogen and oxygen atoms in total. The smallest absolute Gasteiger partial charge is 0.335 e. The van der Waals surface area contributed by atoms with E-state index in [9.17, 15) is 4.79 Å². The molecule has 0 amide bonds. The monoisotopic (exact) mass is 378 g/mol. The van der Waals surface area contributed by atoms with Crippen molar-refractivity contribution in [3.63, 3.8) is 0 Å². The van der Waals surface area contributed by atoms with Crippen LogP contribution in [0.15, 0.2) is 60.7 Å². The molecule has 2 N–H and O–H groups in total. The summed E-state index contributed by atoms with van der Waals surface area (Å²) in [4.78, 5) is 11.2. The van der Waals surface area contributed by atoms with Crippen molar-refractivity contribution in [1.29, 1.82) is 0 Å². The van der Waals surface area contributed by atoms with E-state index in [1.165, 1.54) is 27.9 Å². The number of carboxylic acid groups (broad SMARTS) is 1. The van der Waals surface area contributed by atoms with Crippen LogP contribution in [-0.2, 0) is 13.1 Å². The minimum absolute atomic E-state index is 0.211. The quantitative estimate of drug-likeness (QED) is 0.463. The number of nitrogens with one attached hydrogen (secondary N) is 1. The molecule has 136 valence electrons. The number of hydrogen-bond donors (Lipinski definition) is 2. The van der Waals surface area contributed by atoms with Crippen molar-refractivity contribution in [2.45, 2.75) is 20.0 Å². The molecule has 0 fully saturated rings. The molecule has 0 aliphatic heterocycles. The average Bonchev–Trinajstić information content (AvgIpc) is 3.00. The number of carboxylic acids is 1. The minimum atomic E-state index is -0.969. The van der Waals surface area contributed by atoms with Gasteiger partial charge in [-0.25, -0.2) is 4.79 Å². The molecule has 0 saturated heterocycles. The second-order valence-electron chi connectivity index (χ2n) is 6.47. The molecule has 0 aliphatic rings. The molecule has 5 heteroatoms. The fourth-order valence-corrected chi connectivity index (χ4v) is 3.73. The lowest BCUT2D eigenvalue weighted by Gasteiger charge is -2.10. The summed E-state index contributed by atoms with van der Waals surface area (Å²) in [6.45, 7) is 3.63. The standard InChI is InChI=1S/C22H19ClN2O2/c1-2-25-20-6-4-3-5-16(20)17-11-14(7-10-21(17)25)13-24-19-12-15(22(26)27)8-9-18(19)23/h3-12,24H,2,13H2,1H3,(H,26,27). The first-order valence-electron chi connectivity index (χ1n) is 8.85. The van der Waals surface area contributed by atoms with E-state index in [0.717, 1.165) is 12.1 Å². The highest BCUT2D eigenvalue weighted by atomic mass is 35.5. The predicted molar refractivity (Wildman–Crippen MR) is 111 cm³/mol. The fraction of sp³-hybridized carbons (Fsp3) is 0.136. The van der Waals surface area contributed by atoms with Crippen molar-refractivity contribution in [2.75, 3.05) is 5.32 Å². The molecule has 0 bridgehead atoms. The molecule has 0 unspecified atom stereocenters. The fourth-order valence-electron chi connectivity index (χ4n) is 3.54. The number of para-hydroxylation sites is 1. The first kappa shape index (κ1) is 17.4. The third kappa shape index (κ3) is 3.13. The summed E-state index contributed by atoms with van der Waals surface area (Å²) in [7, 11) is 0. The van der Waals surface area contributed by atoms with E-state index >= 15 is 0 Å². The van der Waals surface area contributed by atoms with Crippen molar-refractivity contribution < 1.29 is 9.90 Å². The van der Waals surface area contributed by atoms with E-state index in [1.54, 1.807) is 12.1 Å². The number of aromatic nitrogens is 1. The second-order valence-corrected chi connectivity index (χ2v) is 6.87. The number of benzene rings is 3. The van der Waals surface area contributed by atoms with Gasteiger partial charge in [0, 0.05) is 34.9 Å². The van der Waals surface area contributed by atoms with Gasteiger partial charge < -0.3 is 15.0 Å². The molecule has 0 radical (unpaired) electrons. The first-order valence-corrected chi connectivity index (χ1v) is 9.23. The van der Waals surface area contributed by atoms with Gasteiger partial charge in [0.2, 0.25) is 0 Å². The van der Waals surface area contributed by atoms with Gasteiger partial charge in [-0.1, -0.05) is 35.9 Å². The van der Waals surface area contributed by atoms with E-state index in [1.807, 2.05) is 0 Å². The van der Waals surface area contributed by atoms with Gasteiger partial charge in [-0.3, -0.25) is 0 Å². The van der Waals surface area contributed by atoms with Crippen LogP contribution >= 0.6 is 11.6 Å². The summed E-state index contributed by atoms with van der Waals surface area (Å²) < 4.78 is 2.31. The Kier molecular flexibility index (Phi) is 4.50. The van der Waals surface area contributed by atoms with E-state index in [-0.39, 0.29) is 5.56 Å². The van der Waals surface area contributed by atoms with Gasteiger partial charge in [0.05, 0.1) is 16.3 Å². The van der Waals surface area contributed by atoms with Crippen LogP contribution in [0.2, 0.25) is 5.02 Å². The van der Waals surface area contributed by atoms with Gasteiger partial charge in [-0.05, 0) is 48.9 Å². The van der Waals surface area contributed by atoms with Crippen LogP contribution < -0.4 is 5.32 Å². The van der Waals surface area contributed by atoms with Crippen LogP contribution in [0.5, 0.6) is 0 Å². The lowest BCUT2D eigenvalue weighted by Crippen LogP contribution is -2.03. The molecule has 27 heavy (non-hydrogen) atoms. The van der Waals surface area contributed by atoms with Crippen LogP contribution in [-0.4, -0.2) is 15.6 Å². The number of hydrogen-bond acceptors (Lipinski definition) is 2. The Bertz CT molecular complexity index is 1160. The van der Waals surface area contributed by atoms with E-state index < -0.39 is 5.97 Å². The zero-order valence-electron chi connectivity index (χ0n) is 14.9. The Morgan fingerprint density at radius 1 is 1.04 bits per heavy atom. The maximum Gasteiger partial charge on any atom is 0.335 e. The largest absolute Gasteiger partial charge is 0.478 e. The summed E-state index contributed by atoms with van der Waals surface area (Å²) in [6, 6.07) is 19.5. The van der Waals surface area contributed by atoms with Crippen LogP contribution in [0.25, 0.3) is 21.8 Å². The van der Waals surface area contributed by atoms with E-state index in [2.05, 4.69) is 59.3 Å². The molecular formula is C22H19ClN2O2. The normalized spacial score (nSPS) is 11.2. The van der Waals surface area contributed by atoms with Crippen LogP contribution in [0.3, 0.4) is 0 Å².